The summed E-state index contributed by atoms with van der Waals surface area (Å²) in [6.07, 6.45) is 0. The lowest BCUT2D eigenvalue weighted by molar-refractivity contribution is -0.142. The maximum Gasteiger partial charge on any atom is 0.351 e. The van der Waals surface area contributed by atoms with Crippen LogP contribution in [0.2, 0.25) is 0 Å². The number of hydrogen-bond donors (Lipinski definition) is 1. The van der Waals surface area contributed by atoms with Gasteiger partial charge in [-0.1, -0.05) is 18.2 Å². The second kappa shape index (κ2) is 9.16. The molecule has 0 aliphatic rings. The normalized spacial score (nSPS) is 10.2. The summed E-state index contributed by atoms with van der Waals surface area (Å²) in [5.74, 6) is -0.949. The molecule has 2 N–H and O–H groups in total. The van der Waals surface area contributed by atoms with Crippen molar-refractivity contribution >= 4 is 35.3 Å². The highest BCUT2D eigenvalue weighted by Gasteiger charge is 2.16. The molecular formula is C20H18ClNO6. The topological polar surface area (TPSA) is 109 Å². The number of rotatable bonds is 5. The molecule has 1 heterocycles. The largest absolute Gasteiger partial charge is 0.461 e. The van der Waals surface area contributed by atoms with Gasteiger partial charge in [-0.2, -0.15) is 0 Å². The predicted molar refractivity (Wildman–Crippen MR) is 104 cm³/mol. The van der Waals surface area contributed by atoms with Gasteiger partial charge in [0.25, 0.3) is 0 Å². The van der Waals surface area contributed by atoms with E-state index in [1.807, 2.05) is 0 Å². The van der Waals surface area contributed by atoms with Gasteiger partial charge in [-0.25, -0.2) is 9.59 Å². The van der Waals surface area contributed by atoms with Crippen LogP contribution in [-0.2, 0) is 22.7 Å². The minimum absolute atomic E-state index is 0. The van der Waals surface area contributed by atoms with Crippen molar-refractivity contribution < 1.29 is 23.5 Å². The van der Waals surface area contributed by atoms with Gasteiger partial charge in [0.2, 0.25) is 0 Å². The second-order valence-corrected chi connectivity index (χ2v) is 5.84. The Morgan fingerprint density at radius 1 is 1.07 bits per heavy atom. The van der Waals surface area contributed by atoms with Crippen LogP contribution in [-0.4, -0.2) is 11.9 Å². The molecule has 3 aromatic rings. The highest BCUT2D eigenvalue weighted by atomic mass is 35.5. The lowest BCUT2D eigenvalue weighted by atomic mass is 10.1. The van der Waals surface area contributed by atoms with Gasteiger partial charge < -0.3 is 19.6 Å². The van der Waals surface area contributed by atoms with Gasteiger partial charge in [0, 0.05) is 18.9 Å². The first-order valence-electron chi connectivity index (χ1n) is 8.17. The van der Waals surface area contributed by atoms with Gasteiger partial charge in [0.1, 0.15) is 23.5 Å². The molecule has 0 fully saturated rings. The van der Waals surface area contributed by atoms with Crippen LogP contribution in [0.25, 0.3) is 11.0 Å². The summed E-state index contributed by atoms with van der Waals surface area (Å²) in [6, 6.07) is 13.0. The molecular weight excluding hydrogens is 386 g/mol. The average molecular weight is 404 g/mol. The quantitative estimate of drug-likeness (QED) is 0.396. The molecule has 0 bridgehead atoms. The molecule has 28 heavy (non-hydrogen) atoms. The highest BCUT2D eigenvalue weighted by molar-refractivity contribution is 5.94. The third-order valence-corrected chi connectivity index (χ3v) is 3.80. The maximum atomic E-state index is 12.4. The highest BCUT2D eigenvalue weighted by Crippen LogP contribution is 2.19. The second-order valence-electron chi connectivity index (χ2n) is 5.84. The zero-order chi connectivity index (χ0) is 19.4. The number of nitrogens with two attached hydrogens (primary N) is 1. The smallest absolute Gasteiger partial charge is 0.351 e. The Bertz CT molecular complexity index is 1080. The van der Waals surface area contributed by atoms with Crippen molar-refractivity contribution in [3.63, 3.8) is 0 Å². The van der Waals surface area contributed by atoms with Gasteiger partial charge in [-0.3, -0.25) is 4.79 Å². The molecule has 146 valence electrons. The monoisotopic (exact) mass is 403 g/mol. The molecule has 3 rings (SSSR count). The summed E-state index contributed by atoms with van der Waals surface area (Å²) in [5.41, 5.74) is 6.34. The molecule has 0 unspecified atom stereocenters. The molecule has 0 amide bonds. The summed E-state index contributed by atoms with van der Waals surface area (Å²) < 4.78 is 15.4. The van der Waals surface area contributed by atoms with Crippen LogP contribution >= 0.6 is 12.4 Å². The van der Waals surface area contributed by atoms with E-state index in [9.17, 15) is 14.4 Å². The zero-order valence-electron chi connectivity index (χ0n) is 15.0. The van der Waals surface area contributed by atoms with E-state index in [1.165, 1.54) is 13.0 Å². The van der Waals surface area contributed by atoms with Crippen LogP contribution in [0.5, 0.6) is 5.75 Å². The van der Waals surface area contributed by atoms with Crippen LogP contribution in [0.4, 0.5) is 0 Å². The number of ether oxygens (including phenoxy) is 2. The van der Waals surface area contributed by atoms with Gasteiger partial charge in [-0.05, 0) is 41.5 Å². The first kappa shape index (κ1) is 21.1. The fraction of sp³-hybridized carbons (Fsp3) is 0.150. The lowest BCUT2D eigenvalue weighted by Gasteiger charge is -2.07. The number of carbonyl (C=O) groups excluding carboxylic acids is 2. The molecule has 0 saturated carbocycles. The Labute approximate surface area is 166 Å². The zero-order valence-corrected chi connectivity index (χ0v) is 15.8. The summed E-state index contributed by atoms with van der Waals surface area (Å²) in [6.45, 7) is 1.69. The van der Waals surface area contributed by atoms with Crippen LogP contribution in [0.15, 0.2) is 57.7 Å². The Kier molecular flexibility index (Phi) is 6.92. The van der Waals surface area contributed by atoms with Crippen molar-refractivity contribution in [2.24, 2.45) is 5.73 Å². The lowest BCUT2D eigenvalue weighted by Crippen LogP contribution is -2.18. The van der Waals surface area contributed by atoms with Crippen molar-refractivity contribution in [1.82, 2.24) is 0 Å². The molecule has 0 atom stereocenters. The Balaban J connectivity index is 0.00000280. The molecule has 0 saturated heterocycles. The van der Waals surface area contributed by atoms with Crippen molar-refractivity contribution in [2.45, 2.75) is 20.1 Å². The minimum atomic E-state index is -0.829. The third kappa shape index (κ3) is 4.97. The summed E-state index contributed by atoms with van der Waals surface area (Å²) >= 11 is 0. The van der Waals surface area contributed by atoms with Crippen molar-refractivity contribution in [3.05, 3.63) is 75.6 Å². The average Bonchev–Trinajstić information content (AvgIpc) is 2.65. The van der Waals surface area contributed by atoms with Gasteiger partial charge in [0.15, 0.2) is 0 Å². The van der Waals surface area contributed by atoms with Gasteiger partial charge in [0.05, 0.1) is 0 Å². The SMILES string of the molecule is CC(=O)OCc1ccc2oc(=O)c(C(=O)Oc3cccc(CN)c3)cc2c1.Cl. The number of carbonyl (C=O) groups is 2. The fourth-order valence-corrected chi connectivity index (χ4v) is 2.49. The van der Waals surface area contributed by atoms with Crippen LogP contribution in [0.1, 0.15) is 28.4 Å². The first-order chi connectivity index (χ1) is 13.0. The molecule has 0 aliphatic heterocycles. The van der Waals surface area contributed by atoms with Crippen LogP contribution in [0, 0.1) is 0 Å². The Hall–Kier alpha value is -3.16. The number of hydrogen-bond acceptors (Lipinski definition) is 7. The summed E-state index contributed by atoms with van der Waals surface area (Å²) in [7, 11) is 0. The Morgan fingerprint density at radius 2 is 1.86 bits per heavy atom. The number of benzene rings is 2. The number of esters is 2. The van der Waals surface area contributed by atoms with E-state index >= 15 is 0 Å². The van der Waals surface area contributed by atoms with Crippen LogP contribution < -0.4 is 16.1 Å². The van der Waals surface area contributed by atoms with E-state index in [0.717, 1.165) is 5.56 Å². The van der Waals surface area contributed by atoms with E-state index < -0.39 is 17.6 Å². The molecule has 0 radical (unpaired) electrons. The minimum Gasteiger partial charge on any atom is -0.461 e. The van der Waals surface area contributed by atoms with E-state index in [0.29, 0.717) is 23.1 Å². The first-order valence-corrected chi connectivity index (χ1v) is 8.17. The molecule has 0 aliphatic carbocycles. The molecule has 8 heteroatoms. The number of halogens is 1. The standard InChI is InChI=1S/C20H17NO6.ClH/c1-12(22)25-11-14-5-6-18-15(7-14)9-17(20(24)27-18)19(23)26-16-4-2-3-13(8-16)10-21;/h2-9H,10-11,21H2,1H3;1H. The Morgan fingerprint density at radius 3 is 2.57 bits per heavy atom. The number of fused-ring (bicyclic) bond motifs is 1. The molecule has 0 spiro atoms. The van der Waals surface area contributed by atoms with Crippen molar-refractivity contribution in [1.29, 1.82) is 0 Å². The van der Waals surface area contributed by atoms with Crippen molar-refractivity contribution in [2.75, 3.05) is 0 Å². The van der Waals surface area contributed by atoms with E-state index in [-0.39, 0.29) is 30.3 Å². The molecule has 7 nitrogen and oxygen atoms in total. The van der Waals surface area contributed by atoms with Gasteiger partial charge in [-0.15, -0.1) is 12.4 Å². The van der Waals surface area contributed by atoms with E-state index in [2.05, 4.69) is 0 Å². The summed E-state index contributed by atoms with van der Waals surface area (Å²) in [4.78, 5) is 35.5. The molecule has 2 aromatic carbocycles. The van der Waals surface area contributed by atoms with E-state index in [4.69, 9.17) is 19.6 Å². The van der Waals surface area contributed by atoms with Gasteiger partial charge >= 0.3 is 17.6 Å². The maximum absolute atomic E-state index is 12.4. The molecule has 1 aromatic heterocycles. The van der Waals surface area contributed by atoms with E-state index in [1.54, 1.807) is 42.5 Å². The third-order valence-electron chi connectivity index (χ3n) is 3.80. The summed E-state index contributed by atoms with van der Waals surface area (Å²) in [5, 5.41) is 0.516. The van der Waals surface area contributed by atoms with Crippen molar-refractivity contribution in [3.8, 4) is 5.75 Å². The van der Waals surface area contributed by atoms with Crippen LogP contribution in [0.3, 0.4) is 0 Å². The predicted octanol–water partition coefficient (Wildman–Crippen LogP) is 2.96. The fourth-order valence-electron chi connectivity index (χ4n) is 2.49.